The maximum atomic E-state index is 10.8. The van der Waals surface area contributed by atoms with E-state index in [-0.39, 0.29) is 12.5 Å². The van der Waals surface area contributed by atoms with Gasteiger partial charge in [-0.1, -0.05) is 0 Å². The van der Waals surface area contributed by atoms with E-state index in [4.69, 9.17) is 30.6 Å². The van der Waals surface area contributed by atoms with Crippen LogP contribution in [0.5, 0.6) is 0 Å². The Kier molecular flexibility index (Phi) is 12.9. The van der Waals surface area contributed by atoms with Gasteiger partial charge >= 0.3 is 11.9 Å². The lowest BCUT2D eigenvalue weighted by molar-refractivity contribution is -0.159. The molecule has 0 aliphatic heterocycles. The summed E-state index contributed by atoms with van der Waals surface area (Å²) in [6.45, 7) is 1.31. The van der Waals surface area contributed by atoms with Crippen LogP contribution in [-0.4, -0.2) is 52.9 Å². The first-order valence-electron chi connectivity index (χ1n) is 4.99. The Balaban J connectivity index is 0. The van der Waals surface area contributed by atoms with Crippen molar-refractivity contribution in [2.75, 3.05) is 19.7 Å². The summed E-state index contributed by atoms with van der Waals surface area (Å²) in [5.41, 5.74) is 5.22. The number of aliphatic hydroxyl groups excluding tert-OH is 1. The number of aliphatic carboxylic acids is 2. The molecule has 0 radical (unpaired) electrons. The number of aliphatic hydroxyl groups is 1. The Morgan fingerprint density at radius 1 is 1.06 bits per heavy atom. The number of nitrogens with two attached hydrogens (primary N) is 1. The van der Waals surface area contributed by atoms with E-state index in [0.717, 1.165) is 6.42 Å². The van der Waals surface area contributed by atoms with Crippen molar-refractivity contribution in [2.24, 2.45) is 5.73 Å². The van der Waals surface area contributed by atoms with E-state index in [1.165, 1.54) is 0 Å². The maximum absolute atomic E-state index is 10.8. The summed E-state index contributed by atoms with van der Waals surface area (Å²) in [6.07, 6.45) is 1.75. The first kappa shape index (κ1) is 17.7. The molecule has 0 aliphatic rings. The molecule has 0 atom stereocenters. The molecule has 0 aromatic rings. The van der Waals surface area contributed by atoms with Crippen molar-refractivity contribution >= 4 is 17.8 Å². The fourth-order valence-electron chi connectivity index (χ4n) is 0.658. The van der Waals surface area contributed by atoms with Crippen molar-refractivity contribution in [2.45, 2.75) is 19.3 Å². The van der Waals surface area contributed by atoms with Crippen molar-refractivity contribution in [3.05, 3.63) is 0 Å². The second-order valence-corrected chi connectivity index (χ2v) is 2.93. The van der Waals surface area contributed by atoms with Gasteiger partial charge < -0.3 is 26.4 Å². The van der Waals surface area contributed by atoms with E-state index in [0.29, 0.717) is 25.9 Å². The average Bonchev–Trinajstić information content (AvgIpc) is 2.27. The van der Waals surface area contributed by atoms with Gasteiger partial charge in [0.25, 0.3) is 0 Å². The van der Waals surface area contributed by atoms with Gasteiger partial charge in [-0.05, 0) is 19.4 Å². The Morgan fingerprint density at radius 2 is 1.59 bits per heavy atom. The summed E-state index contributed by atoms with van der Waals surface area (Å²) < 4.78 is 0. The summed E-state index contributed by atoms with van der Waals surface area (Å²) in [5.74, 6) is -3.66. The molecule has 0 spiro atoms. The number of hydrogen-bond acceptors (Lipinski definition) is 5. The zero-order valence-corrected chi connectivity index (χ0v) is 9.39. The lowest BCUT2D eigenvalue weighted by Gasteiger charge is -2.01. The topological polar surface area (TPSA) is 150 Å². The predicted molar refractivity (Wildman–Crippen MR) is 58.3 cm³/mol. The predicted octanol–water partition coefficient (Wildman–Crippen LogP) is -1.62. The highest BCUT2D eigenvalue weighted by molar-refractivity contribution is 6.27. The van der Waals surface area contributed by atoms with Gasteiger partial charge in [0, 0.05) is 19.6 Å². The second-order valence-electron chi connectivity index (χ2n) is 2.93. The second kappa shape index (κ2) is 12.4. The Morgan fingerprint density at radius 3 is 1.94 bits per heavy atom. The van der Waals surface area contributed by atoms with E-state index >= 15 is 0 Å². The zero-order valence-electron chi connectivity index (χ0n) is 9.39. The summed E-state index contributed by atoms with van der Waals surface area (Å²) in [5, 5.41) is 25.9. The molecular formula is C9H18N2O6. The number of carboxylic acids is 2. The Labute approximate surface area is 98.4 Å². The molecule has 0 bridgehead atoms. The first-order chi connectivity index (χ1) is 7.95. The molecule has 0 saturated heterocycles. The van der Waals surface area contributed by atoms with Gasteiger partial charge in [-0.25, -0.2) is 9.59 Å². The fraction of sp³-hybridized carbons (Fsp3) is 0.667. The number of carboxylic acid groups (broad SMARTS) is 2. The van der Waals surface area contributed by atoms with Crippen LogP contribution in [0, 0.1) is 0 Å². The van der Waals surface area contributed by atoms with Gasteiger partial charge in [0.2, 0.25) is 5.91 Å². The molecule has 8 nitrogen and oxygen atoms in total. The molecule has 0 aliphatic carbocycles. The van der Waals surface area contributed by atoms with E-state index in [9.17, 15) is 4.79 Å². The SMILES string of the molecule is NCCCNC(=O)CCCO.O=C(O)C(=O)O. The molecule has 0 rings (SSSR count). The van der Waals surface area contributed by atoms with E-state index in [1.54, 1.807) is 0 Å². The molecule has 0 aromatic heterocycles. The van der Waals surface area contributed by atoms with Gasteiger partial charge in [-0.15, -0.1) is 0 Å². The number of nitrogens with one attached hydrogen (secondary N) is 1. The van der Waals surface area contributed by atoms with Gasteiger partial charge in [0.15, 0.2) is 0 Å². The third kappa shape index (κ3) is 17.0. The minimum atomic E-state index is -1.82. The van der Waals surface area contributed by atoms with E-state index in [2.05, 4.69) is 5.32 Å². The Bertz CT molecular complexity index is 232. The summed E-state index contributed by atoms with van der Waals surface area (Å²) >= 11 is 0. The lowest BCUT2D eigenvalue weighted by Crippen LogP contribution is -2.25. The van der Waals surface area contributed by atoms with Crippen LogP contribution in [0.15, 0.2) is 0 Å². The molecule has 0 heterocycles. The fourth-order valence-corrected chi connectivity index (χ4v) is 0.658. The van der Waals surface area contributed by atoms with Crippen LogP contribution < -0.4 is 11.1 Å². The van der Waals surface area contributed by atoms with Crippen molar-refractivity contribution in [3.63, 3.8) is 0 Å². The molecule has 100 valence electrons. The molecule has 0 fully saturated rings. The molecule has 8 heteroatoms. The highest BCUT2D eigenvalue weighted by Gasteiger charge is 2.04. The molecule has 0 saturated carbocycles. The molecule has 0 unspecified atom stereocenters. The van der Waals surface area contributed by atoms with Gasteiger partial charge in [0.05, 0.1) is 0 Å². The summed E-state index contributed by atoms with van der Waals surface area (Å²) in [4.78, 5) is 29.0. The largest absolute Gasteiger partial charge is 0.473 e. The molecule has 6 N–H and O–H groups in total. The van der Waals surface area contributed by atoms with Crippen LogP contribution in [0.2, 0.25) is 0 Å². The van der Waals surface area contributed by atoms with Gasteiger partial charge in [0.1, 0.15) is 0 Å². The quantitative estimate of drug-likeness (QED) is 0.281. The summed E-state index contributed by atoms with van der Waals surface area (Å²) in [6, 6.07) is 0. The number of amides is 1. The van der Waals surface area contributed by atoms with Gasteiger partial charge in [-0.2, -0.15) is 0 Å². The third-order valence-electron chi connectivity index (χ3n) is 1.45. The zero-order chi connectivity index (χ0) is 13.7. The minimum absolute atomic E-state index is 0.00694. The Hall–Kier alpha value is -1.67. The molecule has 1 amide bonds. The standard InChI is InChI=1S/C7H16N2O2.C2H2O4/c8-4-2-5-9-7(11)3-1-6-10;3-1(4)2(5)6/h10H,1-6,8H2,(H,9,11);(H,3,4)(H,5,6). The molecule has 0 aromatic carbocycles. The highest BCUT2D eigenvalue weighted by atomic mass is 16.4. The van der Waals surface area contributed by atoms with Crippen LogP contribution in [0.1, 0.15) is 19.3 Å². The maximum Gasteiger partial charge on any atom is 0.414 e. The van der Waals surface area contributed by atoms with Gasteiger partial charge in [-0.3, -0.25) is 4.79 Å². The minimum Gasteiger partial charge on any atom is -0.473 e. The van der Waals surface area contributed by atoms with Crippen LogP contribution in [0.3, 0.4) is 0 Å². The highest BCUT2D eigenvalue weighted by Crippen LogP contribution is 1.86. The smallest absolute Gasteiger partial charge is 0.414 e. The van der Waals surface area contributed by atoms with Crippen molar-refractivity contribution in [1.29, 1.82) is 0 Å². The third-order valence-corrected chi connectivity index (χ3v) is 1.45. The molecular weight excluding hydrogens is 232 g/mol. The first-order valence-corrected chi connectivity index (χ1v) is 4.99. The molecule has 17 heavy (non-hydrogen) atoms. The van der Waals surface area contributed by atoms with E-state index in [1.807, 2.05) is 0 Å². The lowest BCUT2D eigenvalue weighted by atomic mass is 10.3. The van der Waals surface area contributed by atoms with Crippen molar-refractivity contribution in [1.82, 2.24) is 5.32 Å². The van der Waals surface area contributed by atoms with E-state index < -0.39 is 11.9 Å². The monoisotopic (exact) mass is 250 g/mol. The normalized spacial score (nSPS) is 8.82. The number of carbonyl (C=O) groups is 3. The van der Waals surface area contributed by atoms with Crippen molar-refractivity contribution in [3.8, 4) is 0 Å². The summed E-state index contributed by atoms with van der Waals surface area (Å²) in [7, 11) is 0. The van der Waals surface area contributed by atoms with Crippen molar-refractivity contribution < 1.29 is 29.7 Å². The van der Waals surface area contributed by atoms with Crippen LogP contribution >= 0.6 is 0 Å². The van der Waals surface area contributed by atoms with Crippen LogP contribution in [0.25, 0.3) is 0 Å². The van der Waals surface area contributed by atoms with Crippen LogP contribution in [0.4, 0.5) is 0 Å². The number of carbonyl (C=O) groups excluding carboxylic acids is 1. The number of hydrogen-bond donors (Lipinski definition) is 5. The average molecular weight is 250 g/mol. The number of rotatable bonds is 6. The van der Waals surface area contributed by atoms with Crippen LogP contribution in [-0.2, 0) is 14.4 Å².